The normalized spacial score (nSPS) is 17.8. The summed E-state index contributed by atoms with van der Waals surface area (Å²) in [7, 11) is -1.93. The molecule has 0 spiro atoms. The molecule has 1 aliphatic rings. The Balaban J connectivity index is 2.09. The molecule has 0 N–H and O–H groups in total. The molecule has 17 heavy (non-hydrogen) atoms. The highest BCUT2D eigenvalue weighted by molar-refractivity contribution is 7.89. The van der Waals surface area contributed by atoms with Gasteiger partial charge in [-0.25, -0.2) is 8.42 Å². The van der Waals surface area contributed by atoms with Gasteiger partial charge in [0, 0.05) is 7.05 Å². The van der Waals surface area contributed by atoms with Crippen LogP contribution in [0.15, 0.2) is 35.2 Å². The van der Waals surface area contributed by atoms with E-state index in [2.05, 4.69) is 0 Å². The Labute approximate surface area is 101 Å². The highest BCUT2D eigenvalue weighted by atomic mass is 32.2. The summed E-state index contributed by atoms with van der Waals surface area (Å²) in [5, 5.41) is 0. The average molecular weight is 257 g/mol. The molecule has 0 bridgehead atoms. The van der Waals surface area contributed by atoms with E-state index in [0.29, 0.717) is 13.2 Å². The Morgan fingerprint density at radius 3 is 2.41 bits per heavy atom. The summed E-state index contributed by atoms with van der Waals surface area (Å²) >= 11 is 0. The molecule has 1 saturated heterocycles. The first-order valence-electron chi connectivity index (χ1n) is 5.35. The van der Waals surface area contributed by atoms with Crippen molar-refractivity contribution < 1.29 is 17.9 Å². The van der Waals surface area contributed by atoms with E-state index >= 15 is 0 Å². The van der Waals surface area contributed by atoms with Crippen LogP contribution in [-0.4, -0.2) is 45.8 Å². The highest BCUT2D eigenvalue weighted by Crippen LogP contribution is 2.15. The van der Waals surface area contributed by atoms with Gasteiger partial charge in [-0.2, -0.15) is 4.31 Å². The number of likely N-dealkylation sites (N-methyl/N-ethyl adjacent to an activating group) is 1. The number of hydrogen-bond donors (Lipinski definition) is 0. The molecular formula is C11H15NO4S. The van der Waals surface area contributed by atoms with Gasteiger partial charge in [0.15, 0.2) is 6.29 Å². The molecule has 2 rings (SSSR count). The van der Waals surface area contributed by atoms with Gasteiger partial charge < -0.3 is 9.47 Å². The lowest BCUT2D eigenvalue weighted by molar-refractivity contribution is -0.0482. The smallest absolute Gasteiger partial charge is 0.242 e. The lowest BCUT2D eigenvalue weighted by atomic mass is 10.4. The summed E-state index contributed by atoms with van der Waals surface area (Å²) in [6, 6.07) is 8.32. The molecule has 0 aromatic heterocycles. The van der Waals surface area contributed by atoms with Crippen molar-refractivity contribution >= 4 is 10.0 Å². The van der Waals surface area contributed by atoms with E-state index in [-0.39, 0.29) is 11.4 Å². The average Bonchev–Trinajstić information content (AvgIpc) is 2.83. The van der Waals surface area contributed by atoms with Crippen molar-refractivity contribution in [3.63, 3.8) is 0 Å². The Morgan fingerprint density at radius 2 is 1.82 bits per heavy atom. The first-order chi connectivity index (χ1) is 8.10. The van der Waals surface area contributed by atoms with Crippen LogP contribution in [-0.2, 0) is 19.5 Å². The van der Waals surface area contributed by atoms with Crippen molar-refractivity contribution in [2.24, 2.45) is 0 Å². The minimum atomic E-state index is -3.45. The highest BCUT2D eigenvalue weighted by Gasteiger charge is 2.26. The van der Waals surface area contributed by atoms with Crippen molar-refractivity contribution in [2.45, 2.75) is 11.2 Å². The van der Waals surface area contributed by atoms with Gasteiger partial charge in [-0.05, 0) is 12.1 Å². The molecule has 6 heteroatoms. The Kier molecular flexibility index (Phi) is 3.78. The minimum Gasteiger partial charge on any atom is -0.349 e. The number of benzene rings is 1. The third-order valence-electron chi connectivity index (χ3n) is 2.55. The third kappa shape index (κ3) is 2.84. The van der Waals surface area contributed by atoms with E-state index in [1.807, 2.05) is 0 Å². The van der Waals surface area contributed by atoms with Crippen molar-refractivity contribution in [2.75, 3.05) is 26.8 Å². The zero-order valence-electron chi connectivity index (χ0n) is 9.57. The summed E-state index contributed by atoms with van der Waals surface area (Å²) in [6.45, 7) is 1.24. The largest absolute Gasteiger partial charge is 0.349 e. The summed E-state index contributed by atoms with van der Waals surface area (Å²) in [5.74, 6) is 0. The first kappa shape index (κ1) is 12.5. The van der Waals surface area contributed by atoms with Crippen molar-refractivity contribution in [1.29, 1.82) is 0 Å². The van der Waals surface area contributed by atoms with Crippen LogP contribution in [0.1, 0.15) is 0 Å². The number of rotatable bonds is 4. The quantitative estimate of drug-likeness (QED) is 0.796. The summed E-state index contributed by atoms with van der Waals surface area (Å²) in [4.78, 5) is 0.278. The fraction of sp³-hybridized carbons (Fsp3) is 0.455. The van der Waals surface area contributed by atoms with Crippen LogP contribution in [0.4, 0.5) is 0 Å². The fourth-order valence-corrected chi connectivity index (χ4v) is 2.77. The molecular weight excluding hydrogens is 242 g/mol. The van der Waals surface area contributed by atoms with Gasteiger partial charge in [0.05, 0.1) is 24.7 Å². The van der Waals surface area contributed by atoms with Crippen LogP contribution in [0.3, 0.4) is 0 Å². The van der Waals surface area contributed by atoms with Crippen molar-refractivity contribution in [3.05, 3.63) is 30.3 Å². The first-order valence-corrected chi connectivity index (χ1v) is 6.79. The zero-order valence-corrected chi connectivity index (χ0v) is 10.4. The van der Waals surface area contributed by atoms with Gasteiger partial charge in [-0.15, -0.1) is 0 Å². The van der Waals surface area contributed by atoms with Crippen LogP contribution in [0.5, 0.6) is 0 Å². The van der Waals surface area contributed by atoms with E-state index in [4.69, 9.17) is 9.47 Å². The molecule has 94 valence electrons. The van der Waals surface area contributed by atoms with Crippen molar-refractivity contribution in [1.82, 2.24) is 4.31 Å². The maximum atomic E-state index is 12.1. The predicted octanol–water partition coefficient (Wildman–Crippen LogP) is 0.680. The molecule has 0 unspecified atom stereocenters. The number of ether oxygens (including phenoxy) is 2. The fourth-order valence-electron chi connectivity index (χ4n) is 1.59. The molecule has 5 nitrogen and oxygen atoms in total. The van der Waals surface area contributed by atoms with Crippen molar-refractivity contribution in [3.8, 4) is 0 Å². The second-order valence-corrected chi connectivity index (χ2v) is 5.81. The van der Waals surface area contributed by atoms with Crippen LogP contribution < -0.4 is 0 Å². The molecule has 1 aliphatic heterocycles. The zero-order chi connectivity index (χ0) is 12.3. The number of hydrogen-bond acceptors (Lipinski definition) is 4. The van der Waals surface area contributed by atoms with E-state index in [1.165, 1.54) is 11.4 Å². The van der Waals surface area contributed by atoms with Gasteiger partial charge in [0.25, 0.3) is 0 Å². The van der Waals surface area contributed by atoms with Crippen LogP contribution in [0.2, 0.25) is 0 Å². The van der Waals surface area contributed by atoms with Gasteiger partial charge >= 0.3 is 0 Å². The van der Waals surface area contributed by atoms with Gasteiger partial charge in [0.1, 0.15) is 0 Å². The van der Waals surface area contributed by atoms with E-state index in [1.54, 1.807) is 30.3 Å². The van der Waals surface area contributed by atoms with Gasteiger partial charge in [-0.3, -0.25) is 0 Å². The molecule has 0 amide bonds. The molecule has 1 aromatic carbocycles. The van der Waals surface area contributed by atoms with Crippen LogP contribution >= 0.6 is 0 Å². The van der Waals surface area contributed by atoms with Crippen LogP contribution in [0.25, 0.3) is 0 Å². The minimum absolute atomic E-state index is 0.206. The topological polar surface area (TPSA) is 55.8 Å². The van der Waals surface area contributed by atoms with E-state index in [9.17, 15) is 8.42 Å². The SMILES string of the molecule is CN(CC1OCCO1)S(=O)(=O)c1ccccc1. The Bertz CT molecular complexity index is 454. The number of sulfonamides is 1. The summed E-state index contributed by atoms with van der Waals surface area (Å²) in [5.41, 5.74) is 0. The molecule has 0 saturated carbocycles. The maximum Gasteiger partial charge on any atom is 0.242 e. The van der Waals surface area contributed by atoms with Crippen LogP contribution in [0, 0.1) is 0 Å². The van der Waals surface area contributed by atoms with E-state index in [0.717, 1.165) is 0 Å². The third-order valence-corrected chi connectivity index (χ3v) is 4.39. The van der Waals surface area contributed by atoms with Gasteiger partial charge in [0.2, 0.25) is 10.0 Å². The maximum absolute atomic E-state index is 12.1. The predicted molar refractivity (Wildman–Crippen MR) is 61.9 cm³/mol. The lowest BCUT2D eigenvalue weighted by Crippen LogP contribution is -2.34. The molecule has 0 atom stereocenters. The summed E-state index contributed by atoms with van der Waals surface area (Å²) in [6.07, 6.45) is -0.460. The molecule has 0 radical (unpaired) electrons. The standard InChI is InChI=1S/C11H15NO4S/c1-12(9-11-15-7-8-16-11)17(13,14)10-5-3-2-4-6-10/h2-6,11H,7-9H2,1H3. The monoisotopic (exact) mass is 257 g/mol. The molecule has 1 fully saturated rings. The molecule has 1 aromatic rings. The summed E-state index contributed by atoms with van der Waals surface area (Å²) < 4.78 is 36.0. The second-order valence-electron chi connectivity index (χ2n) is 3.77. The van der Waals surface area contributed by atoms with Gasteiger partial charge in [-0.1, -0.05) is 18.2 Å². The molecule has 0 aliphatic carbocycles. The Hall–Kier alpha value is -0.950. The lowest BCUT2D eigenvalue weighted by Gasteiger charge is -2.19. The number of nitrogens with zero attached hydrogens (tertiary/aromatic N) is 1. The second kappa shape index (κ2) is 5.14. The molecule has 1 heterocycles. The Morgan fingerprint density at radius 1 is 1.24 bits per heavy atom. The van der Waals surface area contributed by atoms with E-state index < -0.39 is 16.3 Å².